The fraction of sp³-hybridized carbons (Fsp3) is 0.133. The predicted octanol–water partition coefficient (Wildman–Crippen LogP) is 2.88. The second kappa shape index (κ2) is 6.93. The average molecular weight is 394 g/mol. The number of nitrogens with one attached hydrogen (secondary N) is 1. The van der Waals surface area contributed by atoms with E-state index in [0.29, 0.717) is 11.4 Å². The molecule has 3 rings (SSSR count). The summed E-state index contributed by atoms with van der Waals surface area (Å²) in [5, 5.41) is 4.56. The molecule has 0 aliphatic heterocycles. The maximum absolute atomic E-state index is 11.8. The van der Waals surface area contributed by atoms with Gasteiger partial charge < -0.3 is 10.1 Å². The second-order valence-corrected chi connectivity index (χ2v) is 6.51. The number of carbonyl (C=O) groups is 2. The molecule has 0 radical (unpaired) electrons. The number of hydrogen-bond donors (Lipinski definition) is 1. The molecule has 0 fully saturated rings. The summed E-state index contributed by atoms with van der Waals surface area (Å²) in [5.74, 6) is -0.867. The van der Waals surface area contributed by atoms with Gasteiger partial charge in [0.25, 0.3) is 5.91 Å². The quantitative estimate of drug-likeness (QED) is 0.676. The third kappa shape index (κ3) is 4.17. The fourth-order valence-electron chi connectivity index (χ4n) is 1.94. The first-order chi connectivity index (χ1) is 11.1. The maximum atomic E-state index is 11.8. The van der Waals surface area contributed by atoms with Crippen LogP contribution in [0, 0.1) is 0 Å². The smallest absolute Gasteiger partial charge is 0.312 e. The van der Waals surface area contributed by atoms with Crippen LogP contribution in [0.15, 0.2) is 46.5 Å². The maximum Gasteiger partial charge on any atom is 0.312 e. The number of carbonyl (C=O) groups excluding carboxylic acids is 2. The topological polar surface area (TPSA) is 72.7 Å². The highest BCUT2D eigenvalue weighted by Crippen LogP contribution is 2.14. The number of anilines is 1. The molecule has 1 N–H and O–H groups in total. The number of imidazole rings is 1. The van der Waals surface area contributed by atoms with Gasteiger partial charge in [-0.2, -0.15) is 0 Å². The zero-order chi connectivity index (χ0) is 16.2. The third-order valence-corrected chi connectivity index (χ3v) is 4.26. The van der Waals surface area contributed by atoms with Gasteiger partial charge in [0.15, 0.2) is 11.6 Å². The Morgan fingerprint density at radius 2 is 2.09 bits per heavy atom. The summed E-state index contributed by atoms with van der Waals surface area (Å²) in [6.07, 6.45) is 3.68. The van der Waals surface area contributed by atoms with Crippen LogP contribution in [0.5, 0.6) is 0 Å². The lowest BCUT2D eigenvalue weighted by molar-refractivity contribution is -0.146. The first kappa shape index (κ1) is 15.7. The number of rotatable bonds is 5. The van der Waals surface area contributed by atoms with E-state index in [4.69, 9.17) is 4.74 Å². The van der Waals surface area contributed by atoms with Crippen molar-refractivity contribution in [3.05, 3.63) is 52.2 Å². The first-order valence-corrected chi connectivity index (χ1v) is 8.39. The van der Waals surface area contributed by atoms with Crippen molar-refractivity contribution >= 4 is 49.8 Å². The second-order valence-electron chi connectivity index (χ2n) is 4.72. The van der Waals surface area contributed by atoms with E-state index in [2.05, 4.69) is 26.2 Å². The number of fused-ring (bicyclic) bond motifs is 1. The van der Waals surface area contributed by atoms with Gasteiger partial charge in [-0.15, -0.1) is 11.3 Å². The molecule has 0 bridgehead atoms. The zero-order valence-corrected chi connectivity index (χ0v) is 14.3. The van der Waals surface area contributed by atoms with Crippen molar-refractivity contribution in [2.45, 2.75) is 6.42 Å². The van der Waals surface area contributed by atoms with Crippen LogP contribution in [-0.4, -0.2) is 27.9 Å². The highest BCUT2D eigenvalue weighted by Gasteiger charge is 2.11. The van der Waals surface area contributed by atoms with E-state index in [0.717, 1.165) is 9.43 Å². The Balaban J connectivity index is 1.47. The van der Waals surface area contributed by atoms with Crippen molar-refractivity contribution in [2.24, 2.45) is 0 Å². The molecule has 118 valence electrons. The van der Waals surface area contributed by atoms with Crippen LogP contribution in [0.2, 0.25) is 0 Å². The van der Waals surface area contributed by atoms with Crippen molar-refractivity contribution in [1.29, 1.82) is 0 Å². The standard InChI is InChI=1S/C15H12BrN3O3S/c16-10-1-3-11(4-2-10)17-13(20)9-22-14(21)7-12-8-19-5-6-23-15(19)18-12/h1-6,8H,7,9H2,(H,17,20). The van der Waals surface area contributed by atoms with Crippen LogP contribution in [0.4, 0.5) is 5.69 Å². The molecular formula is C15H12BrN3O3S. The summed E-state index contributed by atoms with van der Waals surface area (Å²) in [6, 6.07) is 7.13. The van der Waals surface area contributed by atoms with E-state index >= 15 is 0 Å². The average Bonchev–Trinajstić information content (AvgIpc) is 3.09. The molecule has 0 aliphatic carbocycles. The molecule has 8 heteroatoms. The number of amides is 1. The molecule has 0 atom stereocenters. The highest BCUT2D eigenvalue weighted by molar-refractivity contribution is 9.10. The van der Waals surface area contributed by atoms with Crippen LogP contribution in [0.3, 0.4) is 0 Å². The predicted molar refractivity (Wildman–Crippen MR) is 90.5 cm³/mol. The fourth-order valence-corrected chi connectivity index (χ4v) is 2.92. The number of nitrogens with zero attached hydrogens (tertiary/aromatic N) is 2. The van der Waals surface area contributed by atoms with Crippen molar-refractivity contribution in [2.75, 3.05) is 11.9 Å². The van der Waals surface area contributed by atoms with Gasteiger partial charge in [-0.1, -0.05) is 15.9 Å². The molecule has 6 nitrogen and oxygen atoms in total. The summed E-state index contributed by atoms with van der Waals surface area (Å²) in [6.45, 7) is -0.322. The van der Waals surface area contributed by atoms with E-state index in [1.165, 1.54) is 11.3 Å². The molecule has 1 amide bonds. The Morgan fingerprint density at radius 1 is 1.30 bits per heavy atom. The molecule has 0 aliphatic rings. The number of aromatic nitrogens is 2. The molecule has 0 spiro atoms. The lowest BCUT2D eigenvalue weighted by Gasteiger charge is -2.06. The van der Waals surface area contributed by atoms with Crippen LogP contribution < -0.4 is 5.32 Å². The summed E-state index contributed by atoms with van der Waals surface area (Å²) in [4.78, 5) is 28.6. The SMILES string of the molecule is O=C(COC(=O)Cc1cn2ccsc2n1)Nc1ccc(Br)cc1. The Hall–Kier alpha value is -2.19. The molecule has 23 heavy (non-hydrogen) atoms. The third-order valence-electron chi connectivity index (χ3n) is 2.96. The van der Waals surface area contributed by atoms with Crippen molar-refractivity contribution in [1.82, 2.24) is 9.38 Å². The minimum Gasteiger partial charge on any atom is -0.455 e. The van der Waals surface area contributed by atoms with E-state index < -0.39 is 5.97 Å². The minimum absolute atomic E-state index is 0.0416. The van der Waals surface area contributed by atoms with E-state index in [1.54, 1.807) is 18.3 Å². The molecule has 0 saturated heterocycles. The summed E-state index contributed by atoms with van der Waals surface area (Å²) in [7, 11) is 0. The summed E-state index contributed by atoms with van der Waals surface area (Å²) < 4.78 is 7.73. The van der Waals surface area contributed by atoms with Crippen LogP contribution in [-0.2, 0) is 20.7 Å². The number of hydrogen-bond acceptors (Lipinski definition) is 5. The van der Waals surface area contributed by atoms with Crippen LogP contribution in [0.25, 0.3) is 4.96 Å². The number of halogens is 1. The van der Waals surface area contributed by atoms with Crippen LogP contribution >= 0.6 is 27.3 Å². The summed E-state index contributed by atoms with van der Waals surface area (Å²) >= 11 is 4.80. The van der Waals surface area contributed by atoms with Gasteiger partial charge in [-0.25, -0.2) is 4.98 Å². The molecule has 3 aromatic rings. The number of benzene rings is 1. The lowest BCUT2D eigenvalue weighted by Crippen LogP contribution is -2.21. The molecule has 0 unspecified atom stereocenters. The Labute approximate surface area is 144 Å². The van der Waals surface area contributed by atoms with Crippen LogP contribution in [0.1, 0.15) is 5.69 Å². The number of esters is 1. The first-order valence-electron chi connectivity index (χ1n) is 6.72. The molecule has 2 heterocycles. The van der Waals surface area contributed by atoms with E-state index in [1.807, 2.05) is 28.1 Å². The number of ether oxygens (including phenoxy) is 1. The van der Waals surface area contributed by atoms with Gasteiger partial charge >= 0.3 is 5.97 Å². The summed E-state index contributed by atoms with van der Waals surface area (Å²) in [5.41, 5.74) is 1.26. The molecule has 2 aromatic heterocycles. The molecule has 0 saturated carbocycles. The lowest BCUT2D eigenvalue weighted by atomic mass is 10.3. The van der Waals surface area contributed by atoms with Gasteiger partial charge in [0.2, 0.25) is 0 Å². The van der Waals surface area contributed by atoms with Crippen molar-refractivity contribution < 1.29 is 14.3 Å². The van der Waals surface area contributed by atoms with Gasteiger partial charge in [0.05, 0.1) is 12.1 Å². The van der Waals surface area contributed by atoms with Gasteiger partial charge in [-0.3, -0.25) is 14.0 Å². The monoisotopic (exact) mass is 393 g/mol. The van der Waals surface area contributed by atoms with Crippen molar-refractivity contribution in [3.63, 3.8) is 0 Å². The van der Waals surface area contributed by atoms with Gasteiger partial charge in [0.1, 0.15) is 0 Å². The molecular weight excluding hydrogens is 382 g/mol. The van der Waals surface area contributed by atoms with E-state index in [-0.39, 0.29) is 18.9 Å². The Kier molecular flexibility index (Phi) is 4.73. The van der Waals surface area contributed by atoms with Gasteiger partial charge in [-0.05, 0) is 24.3 Å². The largest absolute Gasteiger partial charge is 0.455 e. The normalized spacial score (nSPS) is 10.7. The highest BCUT2D eigenvalue weighted by atomic mass is 79.9. The van der Waals surface area contributed by atoms with Crippen molar-refractivity contribution in [3.8, 4) is 0 Å². The van der Waals surface area contributed by atoms with Gasteiger partial charge in [0, 0.05) is 27.9 Å². The minimum atomic E-state index is -0.485. The van der Waals surface area contributed by atoms with E-state index in [9.17, 15) is 9.59 Å². The Bertz CT molecular complexity index is 813. The number of thiazole rings is 1. The Morgan fingerprint density at radius 3 is 2.83 bits per heavy atom. The molecule has 1 aromatic carbocycles. The zero-order valence-electron chi connectivity index (χ0n) is 11.9.